The molecule has 0 saturated carbocycles. The minimum absolute atomic E-state index is 0.259. The molecule has 0 fully saturated rings. The maximum absolute atomic E-state index is 9.18. The number of hydrogen-bond donors (Lipinski definition) is 1. The van der Waals surface area contributed by atoms with Crippen molar-refractivity contribution < 1.29 is 5.11 Å². The van der Waals surface area contributed by atoms with Gasteiger partial charge in [0, 0.05) is 35.2 Å². The molecule has 2 nitrogen and oxygen atoms in total. The first-order valence-corrected chi connectivity index (χ1v) is 6.58. The van der Waals surface area contributed by atoms with Crippen LogP contribution in [0.2, 0.25) is 0 Å². The van der Waals surface area contributed by atoms with Crippen LogP contribution in [0.5, 0.6) is 0 Å². The summed E-state index contributed by atoms with van der Waals surface area (Å²) in [5, 5.41) is 10.4. The predicted octanol–water partition coefficient (Wildman–Crippen LogP) is 2.68. The smallest absolute Gasteiger partial charge is 0.0483 e. The van der Waals surface area contributed by atoms with Crippen LogP contribution in [0.1, 0.15) is 0 Å². The highest BCUT2D eigenvalue weighted by molar-refractivity contribution is 14.1. The molecule has 3 heteroatoms. The van der Waals surface area contributed by atoms with E-state index in [0.29, 0.717) is 5.92 Å². The molecule has 0 radical (unpaired) electrons. The van der Waals surface area contributed by atoms with Crippen molar-refractivity contribution in [3.63, 3.8) is 0 Å². The van der Waals surface area contributed by atoms with Crippen LogP contribution in [0.4, 0.5) is 0 Å². The quantitative estimate of drug-likeness (QED) is 0.681. The summed E-state index contributed by atoms with van der Waals surface area (Å²) in [7, 11) is 0. The number of rotatable bonds is 4. The van der Waals surface area contributed by atoms with Gasteiger partial charge < -0.3 is 9.67 Å². The summed E-state index contributed by atoms with van der Waals surface area (Å²) in [5.41, 5.74) is 1.25. The molecular weight excluding hydrogens is 301 g/mol. The van der Waals surface area contributed by atoms with Gasteiger partial charge in [-0.05, 0) is 17.5 Å². The largest absolute Gasteiger partial charge is 0.396 e. The number of alkyl halides is 1. The van der Waals surface area contributed by atoms with Gasteiger partial charge in [0.25, 0.3) is 0 Å². The molecule has 0 aliphatic heterocycles. The van der Waals surface area contributed by atoms with E-state index in [0.717, 1.165) is 11.0 Å². The van der Waals surface area contributed by atoms with Crippen LogP contribution in [0.15, 0.2) is 36.5 Å². The van der Waals surface area contributed by atoms with Gasteiger partial charge in [-0.2, -0.15) is 0 Å². The van der Waals surface area contributed by atoms with Crippen molar-refractivity contribution >= 4 is 33.5 Å². The Morgan fingerprint density at radius 2 is 2.07 bits per heavy atom. The van der Waals surface area contributed by atoms with E-state index in [2.05, 4.69) is 63.7 Å². The van der Waals surface area contributed by atoms with Crippen LogP contribution in [0.25, 0.3) is 10.9 Å². The lowest BCUT2D eigenvalue weighted by molar-refractivity contribution is 0.229. The molecule has 80 valence electrons. The highest BCUT2D eigenvalue weighted by Crippen LogP contribution is 2.17. The van der Waals surface area contributed by atoms with Gasteiger partial charge in [-0.3, -0.25) is 0 Å². The van der Waals surface area contributed by atoms with Crippen molar-refractivity contribution in [3.8, 4) is 0 Å². The van der Waals surface area contributed by atoms with E-state index in [4.69, 9.17) is 0 Å². The molecule has 1 N–H and O–H groups in total. The molecular formula is C12H14INO. The first-order chi connectivity index (χ1) is 7.35. The Morgan fingerprint density at radius 3 is 2.80 bits per heavy atom. The summed E-state index contributed by atoms with van der Waals surface area (Å²) in [6.07, 6.45) is 2.10. The molecule has 1 aromatic heterocycles. The number of aromatic nitrogens is 1. The third kappa shape index (κ3) is 2.34. The highest BCUT2D eigenvalue weighted by atomic mass is 127. The topological polar surface area (TPSA) is 25.2 Å². The van der Waals surface area contributed by atoms with Gasteiger partial charge in [0.2, 0.25) is 0 Å². The average Bonchev–Trinajstić information content (AvgIpc) is 2.69. The van der Waals surface area contributed by atoms with Gasteiger partial charge in [0.15, 0.2) is 0 Å². The minimum Gasteiger partial charge on any atom is -0.396 e. The molecule has 0 aliphatic rings. The van der Waals surface area contributed by atoms with Gasteiger partial charge in [-0.25, -0.2) is 0 Å². The van der Waals surface area contributed by atoms with Crippen LogP contribution in [-0.4, -0.2) is 20.7 Å². The van der Waals surface area contributed by atoms with Crippen molar-refractivity contribution in [2.24, 2.45) is 5.92 Å². The van der Waals surface area contributed by atoms with Crippen molar-refractivity contribution in [3.05, 3.63) is 36.5 Å². The SMILES string of the molecule is OCC(CI)Cn1ccc2ccccc21. The van der Waals surface area contributed by atoms with Crippen LogP contribution >= 0.6 is 22.6 Å². The summed E-state index contributed by atoms with van der Waals surface area (Å²) in [4.78, 5) is 0. The van der Waals surface area contributed by atoms with Gasteiger partial charge in [-0.15, -0.1) is 0 Å². The van der Waals surface area contributed by atoms with Crippen molar-refractivity contribution in [1.29, 1.82) is 0 Å². The Labute approximate surface area is 103 Å². The number of halogens is 1. The van der Waals surface area contributed by atoms with E-state index < -0.39 is 0 Å². The molecule has 1 unspecified atom stereocenters. The fraction of sp³-hybridized carbons (Fsp3) is 0.333. The molecule has 0 aliphatic carbocycles. The molecule has 0 saturated heterocycles. The zero-order chi connectivity index (χ0) is 10.7. The number of aliphatic hydroxyl groups is 1. The Hall–Kier alpha value is -0.550. The third-order valence-electron chi connectivity index (χ3n) is 2.61. The molecule has 0 bridgehead atoms. The number of benzene rings is 1. The van der Waals surface area contributed by atoms with Gasteiger partial charge in [0.1, 0.15) is 0 Å². The third-order valence-corrected chi connectivity index (χ3v) is 3.86. The van der Waals surface area contributed by atoms with Crippen LogP contribution < -0.4 is 0 Å². The molecule has 2 aromatic rings. The summed E-state index contributed by atoms with van der Waals surface area (Å²) in [6, 6.07) is 10.5. The second-order valence-electron chi connectivity index (χ2n) is 3.73. The fourth-order valence-electron chi connectivity index (χ4n) is 1.73. The van der Waals surface area contributed by atoms with Crippen molar-refractivity contribution in [2.75, 3.05) is 11.0 Å². The Bertz CT molecular complexity index is 434. The average molecular weight is 315 g/mol. The number of fused-ring (bicyclic) bond motifs is 1. The molecule has 2 rings (SSSR count). The predicted molar refractivity (Wildman–Crippen MR) is 71.4 cm³/mol. The maximum atomic E-state index is 9.18. The first-order valence-electron chi connectivity index (χ1n) is 5.06. The summed E-state index contributed by atoms with van der Waals surface area (Å²) >= 11 is 2.32. The number of para-hydroxylation sites is 1. The number of aliphatic hydroxyl groups excluding tert-OH is 1. The molecule has 1 atom stereocenters. The van der Waals surface area contributed by atoms with E-state index >= 15 is 0 Å². The van der Waals surface area contributed by atoms with Crippen molar-refractivity contribution in [1.82, 2.24) is 4.57 Å². The maximum Gasteiger partial charge on any atom is 0.0483 e. The summed E-state index contributed by atoms with van der Waals surface area (Å²) in [5.74, 6) is 0.349. The van der Waals surface area contributed by atoms with Gasteiger partial charge >= 0.3 is 0 Å². The molecule has 1 heterocycles. The Kier molecular flexibility index (Phi) is 3.64. The first kappa shape index (κ1) is 11.0. The van der Waals surface area contributed by atoms with Gasteiger partial charge in [-0.1, -0.05) is 40.8 Å². The zero-order valence-corrected chi connectivity index (χ0v) is 10.6. The second kappa shape index (κ2) is 4.99. The van der Waals surface area contributed by atoms with E-state index in [-0.39, 0.29) is 6.61 Å². The van der Waals surface area contributed by atoms with E-state index in [1.54, 1.807) is 0 Å². The number of nitrogens with zero attached hydrogens (tertiary/aromatic N) is 1. The van der Waals surface area contributed by atoms with E-state index in [1.165, 1.54) is 10.9 Å². The van der Waals surface area contributed by atoms with Crippen LogP contribution in [0.3, 0.4) is 0 Å². The second-order valence-corrected chi connectivity index (χ2v) is 4.61. The molecule has 0 spiro atoms. The highest BCUT2D eigenvalue weighted by Gasteiger charge is 2.07. The van der Waals surface area contributed by atoms with Gasteiger partial charge in [0.05, 0.1) is 0 Å². The molecule has 0 amide bonds. The Balaban J connectivity index is 2.28. The summed E-state index contributed by atoms with van der Waals surface area (Å²) < 4.78 is 3.20. The lowest BCUT2D eigenvalue weighted by Gasteiger charge is -2.12. The monoisotopic (exact) mass is 315 g/mol. The molecule has 1 aromatic carbocycles. The van der Waals surface area contributed by atoms with Crippen LogP contribution in [0, 0.1) is 5.92 Å². The normalized spacial score (nSPS) is 13.2. The van der Waals surface area contributed by atoms with E-state index in [1.807, 2.05) is 0 Å². The lowest BCUT2D eigenvalue weighted by Crippen LogP contribution is -2.15. The standard InChI is InChI=1S/C12H14INO/c13-7-10(9-15)8-14-6-5-11-3-1-2-4-12(11)14/h1-6,10,15H,7-9H2. The summed E-state index contributed by atoms with van der Waals surface area (Å²) in [6.45, 7) is 1.16. The Morgan fingerprint density at radius 1 is 1.27 bits per heavy atom. The minimum atomic E-state index is 0.259. The zero-order valence-electron chi connectivity index (χ0n) is 8.44. The van der Waals surface area contributed by atoms with E-state index in [9.17, 15) is 5.11 Å². The molecule has 15 heavy (non-hydrogen) atoms. The van der Waals surface area contributed by atoms with Crippen molar-refractivity contribution in [2.45, 2.75) is 6.54 Å². The number of hydrogen-bond acceptors (Lipinski definition) is 1. The lowest BCUT2D eigenvalue weighted by atomic mass is 10.2. The fourth-order valence-corrected chi connectivity index (χ4v) is 2.29. The van der Waals surface area contributed by atoms with Crippen LogP contribution in [-0.2, 0) is 6.54 Å².